The van der Waals surface area contributed by atoms with Crippen molar-refractivity contribution in [1.82, 2.24) is 31.9 Å². The molecule has 0 aliphatic rings. The lowest BCUT2D eigenvalue weighted by molar-refractivity contribution is -0.212. The van der Waals surface area contributed by atoms with E-state index in [-0.39, 0.29) is 52.2 Å². The molecule has 20 heteroatoms. The highest BCUT2D eigenvalue weighted by molar-refractivity contribution is 5.92. The fourth-order valence-electron chi connectivity index (χ4n) is 3.56. The molecule has 0 aliphatic heterocycles. The smallest absolute Gasteiger partial charge is 0.438 e. The van der Waals surface area contributed by atoms with Gasteiger partial charge in [0.05, 0.1) is 46.6 Å². The van der Waals surface area contributed by atoms with Crippen molar-refractivity contribution in [3.63, 3.8) is 0 Å². The van der Waals surface area contributed by atoms with Gasteiger partial charge in [0.2, 0.25) is 23.6 Å². The van der Waals surface area contributed by atoms with Gasteiger partial charge in [0.25, 0.3) is 0 Å². The number of hydrogen-bond donors (Lipinski definition) is 6. The maximum Gasteiger partial charge on any atom is 0.438 e. The van der Waals surface area contributed by atoms with Gasteiger partial charge >= 0.3 is 24.1 Å². The number of nitrogens with one attached hydrogen (secondary N) is 6. The molecule has 0 aromatic heterocycles. The number of ether oxygens (including phenoxy) is 4. The van der Waals surface area contributed by atoms with Gasteiger partial charge in [-0.1, -0.05) is 13.8 Å². The van der Waals surface area contributed by atoms with Crippen LogP contribution in [-0.2, 0) is 57.5 Å². The molecule has 0 aromatic carbocycles. The van der Waals surface area contributed by atoms with Crippen molar-refractivity contribution in [1.29, 1.82) is 0 Å². The van der Waals surface area contributed by atoms with E-state index in [1.807, 2.05) is 6.92 Å². The van der Waals surface area contributed by atoms with Gasteiger partial charge in [-0.25, -0.2) is 14.4 Å². The topological polar surface area (TPSA) is 264 Å². The van der Waals surface area contributed by atoms with E-state index in [1.54, 1.807) is 6.92 Å². The highest BCUT2D eigenvalue weighted by Gasteiger charge is 2.24. The summed E-state index contributed by atoms with van der Waals surface area (Å²) in [5.41, 5.74) is 0. The first kappa shape index (κ1) is 44.3. The molecule has 6 N–H and O–H groups in total. The number of unbranched alkanes of at least 4 members (excludes halogenated alkanes) is 1. The van der Waals surface area contributed by atoms with Crippen LogP contribution >= 0.6 is 0 Å². The maximum atomic E-state index is 12.7. The van der Waals surface area contributed by atoms with Crippen molar-refractivity contribution < 1.29 is 67.1 Å². The SMILES string of the molecule is CCCOC(=O)CCC(NC(=O)CNC(=O)CNC(=O)CNC(=O)C(CCCCNC(=O)OOC)NC(=O)OCCOC)C(=O)OCCC. The minimum atomic E-state index is -1.14. The summed E-state index contributed by atoms with van der Waals surface area (Å²) in [4.78, 5) is 106. The van der Waals surface area contributed by atoms with Crippen LogP contribution in [0.4, 0.5) is 9.59 Å². The van der Waals surface area contributed by atoms with Crippen LogP contribution in [0.2, 0.25) is 0 Å². The summed E-state index contributed by atoms with van der Waals surface area (Å²) in [6.07, 6.45) is 0.192. The molecule has 0 aliphatic carbocycles. The number of alkyl carbamates (subject to hydrolysis) is 1. The lowest BCUT2D eigenvalue weighted by atomic mass is 10.1. The van der Waals surface area contributed by atoms with E-state index in [9.17, 15) is 38.4 Å². The van der Waals surface area contributed by atoms with E-state index in [1.165, 1.54) is 14.2 Å². The Labute approximate surface area is 284 Å². The third-order valence-electron chi connectivity index (χ3n) is 5.97. The van der Waals surface area contributed by atoms with Crippen LogP contribution in [0.5, 0.6) is 0 Å². The van der Waals surface area contributed by atoms with E-state index < -0.39 is 79.5 Å². The molecule has 0 spiro atoms. The number of methoxy groups -OCH3 is 1. The summed E-state index contributed by atoms with van der Waals surface area (Å²) in [5.74, 6) is -4.21. The average Bonchev–Trinajstić information content (AvgIpc) is 3.07. The zero-order valence-electron chi connectivity index (χ0n) is 28.5. The van der Waals surface area contributed by atoms with Crippen molar-refractivity contribution in [2.24, 2.45) is 0 Å². The van der Waals surface area contributed by atoms with Crippen LogP contribution in [0.3, 0.4) is 0 Å². The Morgan fingerprint density at radius 2 is 1.22 bits per heavy atom. The molecule has 2 atom stereocenters. The Morgan fingerprint density at radius 3 is 1.86 bits per heavy atom. The second-order valence-electron chi connectivity index (χ2n) is 10.1. The summed E-state index contributed by atoms with van der Waals surface area (Å²) in [5, 5.41) is 14.2. The Balaban J connectivity index is 4.78. The predicted octanol–water partition coefficient (Wildman–Crippen LogP) is -1.29. The quantitative estimate of drug-likeness (QED) is 0.0201. The lowest BCUT2D eigenvalue weighted by Gasteiger charge is -2.18. The lowest BCUT2D eigenvalue weighted by Crippen LogP contribution is -2.50. The number of carbonyl (C=O) groups excluding carboxylic acids is 8. The minimum Gasteiger partial charge on any atom is -0.466 e. The zero-order valence-corrected chi connectivity index (χ0v) is 28.5. The highest BCUT2D eigenvalue weighted by atomic mass is 17.2. The van der Waals surface area contributed by atoms with Crippen LogP contribution in [0.25, 0.3) is 0 Å². The molecule has 0 saturated carbocycles. The van der Waals surface area contributed by atoms with Gasteiger partial charge in [-0.2, -0.15) is 4.89 Å². The monoisotopic (exact) mass is 706 g/mol. The molecule has 0 saturated heterocycles. The van der Waals surface area contributed by atoms with Gasteiger partial charge in [0.1, 0.15) is 18.7 Å². The standard InChI is InChI=1S/C29H50N6O14/c1-5-13-46-25(39)11-10-21(27(41)47-14-6-2)34-24(38)19-32-22(36)17-31-23(37)18-33-26(40)20(35-29(43)48-16-15-44-3)9-7-8-12-30-28(42)49-45-4/h20-21H,5-19H2,1-4H3,(H,30,42)(H,31,37)(H,32,36)(H,33,40)(H,34,38)(H,35,43). The normalized spacial score (nSPS) is 11.5. The maximum absolute atomic E-state index is 12.7. The van der Waals surface area contributed by atoms with Crippen LogP contribution in [-0.4, -0.2) is 127 Å². The van der Waals surface area contributed by atoms with E-state index >= 15 is 0 Å². The van der Waals surface area contributed by atoms with Crippen molar-refractivity contribution in [2.45, 2.75) is 70.9 Å². The molecule has 49 heavy (non-hydrogen) atoms. The molecular weight excluding hydrogens is 656 g/mol. The van der Waals surface area contributed by atoms with Crippen LogP contribution in [0.1, 0.15) is 58.8 Å². The Hall–Kier alpha value is -4.72. The van der Waals surface area contributed by atoms with Crippen LogP contribution in [0, 0.1) is 0 Å². The fraction of sp³-hybridized carbons (Fsp3) is 0.724. The third-order valence-corrected chi connectivity index (χ3v) is 5.97. The summed E-state index contributed by atoms with van der Waals surface area (Å²) in [6, 6.07) is -2.24. The number of carbonyl (C=O) groups is 8. The van der Waals surface area contributed by atoms with Crippen LogP contribution < -0.4 is 31.9 Å². The van der Waals surface area contributed by atoms with E-state index in [2.05, 4.69) is 41.7 Å². The van der Waals surface area contributed by atoms with Gasteiger partial charge in [0.15, 0.2) is 0 Å². The first-order chi connectivity index (χ1) is 23.5. The molecule has 0 radical (unpaired) electrons. The Morgan fingerprint density at radius 1 is 0.592 bits per heavy atom. The van der Waals surface area contributed by atoms with Gasteiger partial charge in [-0.05, 0) is 38.5 Å². The van der Waals surface area contributed by atoms with Crippen molar-refractivity contribution in [3.8, 4) is 0 Å². The summed E-state index contributed by atoms with van der Waals surface area (Å²) in [7, 11) is 2.59. The summed E-state index contributed by atoms with van der Waals surface area (Å²) in [6.45, 7) is 2.61. The predicted molar refractivity (Wildman–Crippen MR) is 168 cm³/mol. The first-order valence-corrected chi connectivity index (χ1v) is 15.8. The molecule has 0 fully saturated rings. The first-order valence-electron chi connectivity index (χ1n) is 15.8. The van der Waals surface area contributed by atoms with Crippen molar-refractivity contribution in [2.75, 3.05) is 66.8 Å². The molecule has 280 valence electrons. The summed E-state index contributed by atoms with van der Waals surface area (Å²) >= 11 is 0. The molecule has 6 amide bonds. The Kier molecular flexibility index (Phi) is 25.6. The second-order valence-corrected chi connectivity index (χ2v) is 10.1. The van der Waals surface area contributed by atoms with Crippen LogP contribution in [0.15, 0.2) is 0 Å². The molecule has 0 heterocycles. The number of amides is 6. The fourth-order valence-corrected chi connectivity index (χ4v) is 3.56. The molecular formula is C29H50N6O14. The number of esters is 2. The molecule has 20 nitrogen and oxygen atoms in total. The van der Waals surface area contributed by atoms with Gasteiger partial charge < -0.3 is 50.8 Å². The molecule has 0 rings (SSSR count). The minimum absolute atomic E-state index is 0.0595. The molecule has 0 aromatic rings. The van der Waals surface area contributed by atoms with Crippen molar-refractivity contribution >= 4 is 47.8 Å². The second kappa shape index (κ2) is 28.3. The van der Waals surface area contributed by atoms with E-state index in [0.717, 1.165) is 0 Å². The zero-order chi connectivity index (χ0) is 36.9. The largest absolute Gasteiger partial charge is 0.466 e. The molecule has 2 unspecified atom stereocenters. The molecule has 0 bridgehead atoms. The number of rotatable bonds is 26. The third kappa shape index (κ3) is 24.1. The van der Waals surface area contributed by atoms with E-state index in [0.29, 0.717) is 25.7 Å². The van der Waals surface area contributed by atoms with E-state index in [4.69, 9.17) is 18.9 Å². The van der Waals surface area contributed by atoms with Crippen molar-refractivity contribution in [3.05, 3.63) is 0 Å². The summed E-state index contributed by atoms with van der Waals surface area (Å²) < 4.78 is 19.8. The average molecular weight is 707 g/mol. The number of hydrogen-bond acceptors (Lipinski definition) is 14. The van der Waals surface area contributed by atoms with Gasteiger partial charge in [-0.15, -0.1) is 0 Å². The Bertz CT molecular complexity index is 1060. The van der Waals surface area contributed by atoms with Gasteiger partial charge in [-0.3, -0.25) is 28.9 Å². The highest BCUT2D eigenvalue weighted by Crippen LogP contribution is 2.04. The van der Waals surface area contributed by atoms with Gasteiger partial charge in [0, 0.05) is 20.1 Å².